The Kier molecular flexibility index (Phi) is 4.93. The molecule has 0 aliphatic heterocycles. The van der Waals surface area contributed by atoms with Gasteiger partial charge < -0.3 is 10.2 Å². The Morgan fingerprint density at radius 3 is 2.78 bits per heavy atom. The molecule has 4 nitrogen and oxygen atoms in total. The summed E-state index contributed by atoms with van der Waals surface area (Å²) < 4.78 is 0. The average molecular weight is 248 g/mol. The smallest absolute Gasteiger partial charge is 0.147 e. The maximum Gasteiger partial charge on any atom is 0.147 e. The second-order valence-corrected chi connectivity index (χ2v) is 5.05. The molecule has 1 aliphatic rings. The summed E-state index contributed by atoms with van der Waals surface area (Å²) in [5.41, 5.74) is 1.03. The lowest BCUT2D eigenvalue weighted by Gasteiger charge is -2.32. The molecule has 0 spiro atoms. The molecule has 0 amide bonds. The zero-order chi connectivity index (χ0) is 12.8. The van der Waals surface area contributed by atoms with Gasteiger partial charge in [-0.2, -0.15) is 0 Å². The summed E-state index contributed by atoms with van der Waals surface area (Å²) in [7, 11) is 2.15. The highest BCUT2D eigenvalue weighted by Crippen LogP contribution is 2.24. The summed E-state index contributed by atoms with van der Waals surface area (Å²) in [4.78, 5) is 11.3. The van der Waals surface area contributed by atoms with Crippen LogP contribution >= 0.6 is 0 Å². The predicted octanol–water partition coefficient (Wildman–Crippen LogP) is 2.36. The van der Waals surface area contributed by atoms with Gasteiger partial charge >= 0.3 is 0 Å². The quantitative estimate of drug-likeness (QED) is 0.868. The molecule has 1 aromatic heterocycles. The molecule has 0 saturated heterocycles. The van der Waals surface area contributed by atoms with Crippen molar-refractivity contribution in [1.82, 2.24) is 15.3 Å². The number of hydrogen-bond acceptors (Lipinski definition) is 4. The van der Waals surface area contributed by atoms with Crippen molar-refractivity contribution in [3.8, 4) is 0 Å². The average Bonchev–Trinajstić information content (AvgIpc) is 2.45. The molecule has 0 unspecified atom stereocenters. The van der Waals surface area contributed by atoms with Crippen LogP contribution in [0.2, 0.25) is 0 Å². The van der Waals surface area contributed by atoms with E-state index in [4.69, 9.17) is 0 Å². The van der Waals surface area contributed by atoms with Crippen LogP contribution in [0.3, 0.4) is 0 Å². The Hall–Kier alpha value is -1.16. The van der Waals surface area contributed by atoms with E-state index in [1.165, 1.54) is 32.1 Å². The van der Waals surface area contributed by atoms with E-state index < -0.39 is 0 Å². The van der Waals surface area contributed by atoms with Gasteiger partial charge in [0.2, 0.25) is 0 Å². The van der Waals surface area contributed by atoms with Crippen LogP contribution < -0.4 is 10.2 Å². The van der Waals surface area contributed by atoms with Crippen LogP contribution in [-0.2, 0) is 6.54 Å². The van der Waals surface area contributed by atoms with Gasteiger partial charge in [0.15, 0.2) is 0 Å². The number of anilines is 1. The van der Waals surface area contributed by atoms with Crippen LogP contribution in [0.4, 0.5) is 5.82 Å². The molecule has 1 aromatic rings. The van der Waals surface area contributed by atoms with E-state index in [2.05, 4.69) is 34.2 Å². The third-order valence-corrected chi connectivity index (χ3v) is 3.71. The third kappa shape index (κ3) is 3.42. The lowest BCUT2D eigenvalue weighted by Crippen LogP contribution is -2.34. The van der Waals surface area contributed by atoms with Crippen LogP contribution in [-0.4, -0.2) is 29.6 Å². The van der Waals surface area contributed by atoms with E-state index in [0.717, 1.165) is 24.6 Å². The van der Waals surface area contributed by atoms with Crippen molar-refractivity contribution in [2.45, 2.75) is 51.6 Å². The topological polar surface area (TPSA) is 41.1 Å². The Labute approximate surface area is 110 Å². The van der Waals surface area contributed by atoms with Gasteiger partial charge in [-0.3, -0.25) is 4.98 Å². The molecule has 4 heteroatoms. The molecule has 0 aromatic carbocycles. The number of rotatable bonds is 5. The van der Waals surface area contributed by atoms with Crippen LogP contribution in [0.5, 0.6) is 0 Å². The number of nitrogens with one attached hydrogen (secondary N) is 1. The molecule has 100 valence electrons. The highest BCUT2D eigenvalue weighted by Gasteiger charge is 2.19. The Balaban J connectivity index is 2.02. The van der Waals surface area contributed by atoms with Crippen LogP contribution in [0.1, 0.15) is 44.7 Å². The minimum Gasteiger partial charge on any atom is -0.355 e. The SMILES string of the molecule is CCNCc1cncc(N(C)C2CCCCC2)n1. The predicted molar refractivity (Wildman–Crippen MR) is 74.7 cm³/mol. The summed E-state index contributed by atoms with van der Waals surface area (Å²) >= 11 is 0. The zero-order valence-corrected chi connectivity index (χ0v) is 11.5. The van der Waals surface area contributed by atoms with Gasteiger partial charge in [-0.1, -0.05) is 26.2 Å². The van der Waals surface area contributed by atoms with E-state index in [9.17, 15) is 0 Å². The number of nitrogens with zero attached hydrogens (tertiary/aromatic N) is 3. The van der Waals surface area contributed by atoms with E-state index in [1.807, 2.05) is 12.4 Å². The summed E-state index contributed by atoms with van der Waals surface area (Å²) in [6.07, 6.45) is 10.4. The summed E-state index contributed by atoms with van der Waals surface area (Å²) in [5.74, 6) is 1.01. The first-order chi connectivity index (χ1) is 8.81. The van der Waals surface area contributed by atoms with Gasteiger partial charge in [0.25, 0.3) is 0 Å². The van der Waals surface area contributed by atoms with Gasteiger partial charge in [0.1, 0.15) is 5.82 Å². The standard InChI is InChI=1S/C14H24N4/c1-3-15-9-12-10-16-11-14(17-12)18(2)13-7-5-4-6-8-13/h10-11,13,15H,3-9H2,1-2H3. The van der Waals surface area contributed by atoms with Crippen LogP contribution in [0, 0.1) is 0 Å². The van der Waals surface area contributed by atoms with Crippen molar-refractivity contribution in [1.29, 1.82) is 0 Å². The maximum atomic E-state index is 4.69. The van der Waals surface area contributed by atoms with Crippen molar-refractivity contribution in [3.63, 3.8) is 0 Å². The van der Waals surface area contributed by atoms with Crippen LogP contribution in [0.15, 0.2) is 12.4 Å². The lowest BCUT2D eigenvalue weighted by atomic mass is 9.94. The van der Waals surface area contributed by atoms with Gasteiger partial charge in [-0.25, -0.2) is 4.98 Å². The van der Waals surface area contributed by atoms with E-state index in [-0.39, 0.29) is 0 Å². The minimum atomic E-state index is 0.641. The summed E-state index contributed by atoms with van der Waals surface area (Å²) in [6.45, 7) is 3.87. The lowest BCUT2D eigenvalue weighted by molar-refractivity contribution is 0.425. The zero-order valence-electron chi connectivity index (χ0n) is 11.5. The van der Waals surface area contributed by atoms with Gasteiger partial charge in [-0.05, 0) is 19.4 Å². The first-order valence-corrected chi connectivity index (χ1v) is 7.05. The largest absolute Gasteiger partial charge is 0.355 e. The molecular formula is C14H24N4. The third-order valence-electron chi connectivity index (χ3n) is 3.71. The molecule has 0 bridgehead atoms. The Morgan fingerprint density at radius 2 is 2.06 bits per heavy atom. The fraction of sp³-hybridized carbons (Fsp3) is 0.714. The Bertz CT molecular complexity index is 361. The van der Waals surface area contributed by atoms with Gasteiger partial charge in [0.05, 0.1) is 11.9 Å². The van der Waals surface area contributed by atoms with E-state index in [1.54, 1.807) is 0 Å². The van der Waals surface area contributed by atoms with Crippen molar-refractivity contribution < 1.29 is 0 Å². The van der Waals surface area contributed by atoms with E-state index >= 15 is 0 Å². The molecule has 1 heterocycles. The molecule has 18 heavy (non-hydrogen) atoms. The van der Waals surface area contributed by atoms with Crippen molar-refractivity contribution >= 4 is 5.82 Å². The first-order valence-electron chi connectivity index (χ1n) is 7.05. The molecule has 1 fully saturated rings. The van der Waals surface area contributed by atoms with Crippen molar-refractivity contribution in [3.05, 3.63) is 18.1 Å². The van der Waals surface area contributed by atoms with Crippen molar-refractivity contribution in [2.75, 3.05) is 18.5 Å². The molecule has 2 rings (SSSR count). The second kappa shape index (κ2) is 6.69. The molecule has 0 radical (unpaired) electrons. The monoisotopic (exact) mass is 248 g/mol. The normalized spacial score (nSPS) is 16.8. The number of hydrogen-bond donors (Lipinski definition) is 1. The highest BCUT2D eigenvalue weighted by molar-refractivity contribution is 5.36. The Morgan fingerprint density at radius 1 is 1.28 bits per heavy atom. The fourth-order valence-corrected chi connectivity index (χ4v) is 2.56. The van der Waals surface area contributed by atoms with Crippen LogP contribution in [0.25, 0.3) is 0 Å². The molecule has 1 N–H and O–H groups in total. The van der Waals surface area contributed by atoms with Gasteiger partial charge in [-0.15, -0.1) is 0 Å². The maximum absolute atomic E-state index is 4.69. The fourth-order valence-electron chi connectivity index (χ4n) is 2.56. The molecule has 1 aliphatic carbocycles. The highest BCUT2D eigenvalue weighted by atomic mass is 15.2. The second-order valence-electron chi connectivity index (χ2n) is 5.05. The molecule has 1 saturated carbocycles. The van der Waals surface area contributed by atoms with Gasteiger partial charge in [0, 0.05) is 25.8 Å². The molecular weight excluding hydrogens is 224 g/mol. The van der Waals surface area contributed by atoms with E-state index in [0.29, 0.717) is 6.04 Å². The molecule has 0 atom stereocenters. The van der Waals surface area contributed by atoms with Crippen molar-refractivity contribution in [2.24, 2.45) is 0 Å². The first kappa shape index (κ1) is 13.3. The minimum absolute atomic E-state index is 0.641. The summed E-state index contributed by atoms with van der Waals surface area (Å²) in [5, 5.41) is 3.29. The summed E-state index contributed by atoms with van der Waals surface area (Å²) in [6, 6.07) is 0.641. The number of aromatic nitrogens is 2.